The summed E-state index contributed by atoms with van der Waals surface area (Å²) in [6, 6.07) is 1.67. The van der Waals surface area contributed by atoms with Gasteiger partial charge in [-0.1, -0.05) is 6.92 Å². The number of aryl methyl sites for hydroxylation is 1. The summed E-state index contributed by atoms with van der Waals surface area (Å²) in [5.74, 6) is -0.716. The summed E-state index contributed by atoms with van der Waals surface area (Å²) in [5, 5.41) is 7.64. The van der Waals surface area contributed by atoms with Crippen molar-refractivity contribution in [2.24, 2.45) is 0 Å². The molecule has 0 aromatic carbocycles. The minimum absolute atomic E-state index is 0.314. The molecule has 8 heteroatoms. The molecule has 2 aromatic rings. The highest BCUT2D eigenvalue weighted by molar-refractivity contribution is 7.17. The highest BCUT2D eigenvalue weighted by Gasteiger charge is 2.29. The second-order valence-electron chi connectivity index (χ2n) is 6.24. The zero-order chi connectivity index (χ0) is 18.7. The number of nitrogens with one attached hydrogen (secondary N) is 1. The third-order valence-corrected chi connectivity index (χ3v) is 5.62. The standard InChI is InChI=1S/C18H24N4O3S/c1-4-8-21-9-6-12-14(11-21)26-17(15(12)18(24)25-3)19-16(23)13-7-10-22(5-2)20-13/h7,10H,4-6,8-9,11H2,1-3H3,(H,19,23). The fraction of sp³-hybridized carbons (Fsp3) is 0.500. The van der Waals surface area contributed by atoms with Crippen LogP contribution in [0.5, 0.6) is 0 Å². The summed E-state index contributed by atoms with van der Waals surface area (Å²) in [4.78, 5) is 28.4. The molecule has 1 amide bonds. The quantitative estimate of drug-likeness (QED) is 0.785. The Bertz CT molecular complexity index is 811. The molecule has 1 N–H and O–H groups in total. The number of ether oxygens (including phenoxy) is 1. The molecule has 7 nitrogen and oxygen atoms in total. The van der Waals surface area contributed by atoms with Crippen LogP contribution < -0.4 is 5.32 Å². The van der Waals surface area contributed by atoms with Crippen LogP contribution in [-0.4, -0.2) is 46.8 Å². The Balaban J connectivity index is 1.88. The Kier molecular flexibility index (Phi) is 5.73. The molecule has 0 spiro atoms. The summed E-state index contributed by atoms with van der Waals surface area (Å²) >= 11 is 1.46. The van der Waals surface area contributed by atoms with Gasteiger partial charge in [-0.15, -0.1) is 11.3 Å². The van der Waals surface area contributed by atoms with Crippen molar-refractivity contribution in [3.63, 3.8) is 0 Å². The van der Waals surface area contributed by atoms with E-state index in [2.05, 4.69) is 22.2 Å². The molecule has 3 heterocycles. The van der Waals surface area contributed by atoms with Gasteiger partial charge in [0.25, 0.3) is 5.91 Å². The van der Waals surface area contributed by atoms with Gasteiger partial charge in [-0.05, 0) is 37.9 Å². The third kappa shape index (κ3) is 3.66. The van der Waals surface area contributed by atoms with Gasteiger partial charge >= 0.3 is 5.97 Å². The van der Waals surface area contributed by atoms with Crippen molar-refractivity contribution in [2.45, 2.75) is 39.8 Å². The first kappa shape index (κ1) is 18.6. The van der Waals surface area contributed by atoms with E-state index in [-0.39, 0.29) is 5.91 Å². The fourth-order valence-electron chi connectivity index (χ4n) is 3.20. The SMILES string of the molecule is CCCN1CCc2c(sc(NC(=O)c3ccn(CC)n3)c2C(=O)OC)C1. The predicted octanol–water partition coefficient (Wildman–Crippen LogP) is 2.77. The van der Waals surface area contributed by atoms with Crippen molar-refractivity contribution in [3.05, 3.63) is 34.0 Å². The van der Waals surface area contributed by atoms with Crippen LogP contribution in [0.3, 0.4) is 0 Å². The van der Waals surface area contributed by atoms with Gasteiger partial charge in [0.05, 0.1) is 12.7 Å². The molecule has 0 aliphatic carbocycles. The van der Waals surface area contributed by atoms with Crippen molar-refractivity contribution in [1.29, 1.82) is 0 Å². The number of esters is 1. The Morgan fingerprint density at radius 3 is 2.85 bits per heavy atom. The molecule has 26 heavy (non-hydrogen) atoms. The van der Waals surface area contributed by atoms with Crippen molar-refractivity contribution in [1.82, 2.24) is 14.7 Å². The van der Waals surface area contributed by atoms with Crippen LogP contribution in [0.15, 0.2) is 12.3 Å². The molecule has 0 saturated heterocycles. The molecule has 2 aromatic heterocycles. The van der Waals surface area contributed by atoms with Crippen molar-refractivity contribution >= 4 is 28.2 Å². The molecule has 3 rings (SSSR count). The topological polar surface area (TPSA) is 76.5 Å². The smallest absolute Gasteiger partial charge is 0.341 e. The molecular weight excluding hydrogens is 352 g/mol. The van der Waals surface area contributed by atoms with Crippen LogP contribution >= 0.6 is 11.3 Å². The second kappa shape index (κ2) is 8.01. The molecule has 0 atom stereocenters. The first-order chi connectivity index (χ1) is 12.6. The highest BCUT2D eigenvalue weighted by Crippen LogP contribution is 2.37. The number of thiophene rings is 1. The molecule has 0 saturated carbocycles. The number of hydrogen-bond acceptors (Lipinski definition) is 6. The van der Waals surface area contributed by atoms with Gasteiger partial charge in [-0.2, -0.15) is 5.10 Å². The largest absolute Gasteiger partial charge is 0.465 e. The van der Waals surface area contributed by atoms with Crippen molar-refractivity contribution in [3.8, 4) is 0 Å². The molecule has 1 aliphatic rings. The zero-order valence-electron chi connectivity index (χ0n) is 15.4. The number of hydrogen-bond donors (Lipinski definition) is 1. The van der Waals surface area contributed by atoms with E-state index in [1.54, 1.807) is 16.9 Å². The normalized spacial score (nSPS) is 14.1. The lowest BCUT2D eigenvalue weighted by Gasteiger charge is -2.26. The van der Waals surface area contributed by atoms with Crippen molar-refractivity contribution < 1.29 is 14.3 Å². The van der Waals surface area contributed by atoms with Crippen LogP contribution in [0.2, 0.25) is 0 Å². The molecular formula is C18H24N4O3S. The Morgan fingerprint density at radius 2 is 2.19 bits per heavy atom. The molecule has 0 unspecified atom stereocenters. The van der Waals surface area contributed by atoms with Crippen LogP contribution in [0.25, 0.3) is 0 Å². The van der Waals surface area contributed by atoms with Gasteiger partial charge < -0.3 is 10.1 Å². The maximum absolute atomic E-state index is 12.5. The van der Waals surface area contributed by atoms with Crippen LogP contribution in [-0.2, 0) is 24.2 Å². The van der Waals surface area contributed by atoms with E-state index in [1.807, 2.05) is 6.92 Å². The number of anilines is 1. The number of nitrogens with zero attached hydrogens (tertiary/aromatic N) is 3. The molecule has 0 bridgehead atoms. The van der Waals surface area contributed by atoms with E-state index >= 15 is 0 Å². The Morgan fingerprint density at radius 1 is 1.38 bits per heavy atom. The van der Waals surface area contributed by atoms with Crippen LogP contribution in [0.4, 0.5) is 5.00 Å². The summed E-state index contributed by atoms with van der Waals surface area (Å²) in [6.07, 6.45) is 3.64. The van der Waals surface area contributed by atoms with E-state index < -0.39 is 5.97 Å². The third-order valence-electron chi connectivity index (χ3n) is 4.49. The summed E-state index contributed by atoms with van der Waals surface area (Å²) in [6.45, 7) is 7.56. The monoisotopic (exact) mass is 376 g/mol. The first-order valence-electron chi connectivity index (χ1n) is 8.87. The van der Waals surface area contributed by atoms with E-state index in [1.165, 1.54) is 18.4 Å². The van der Waals surface area contributed by atoms with Crippen LogP contribution in [0.1, 0.15) is 51.6 Å². The minimum Gasteiger partial charge on any atom is -0.465 e. The van der Waals surface area contributed by atoms with E-state index in [0.717, 1.165) is 42.9 Å². The number of methoxy groups -OCH3 is 1. The number of rotatable bonds is 6. The lowest BCUT2D eigenvalue weighted by molar-refractivity contribution is 0.0600. The number of aromatic nitrogens is 2. The highest BCUT2D eigenvalue weighted by atomic mass is 32.1. The fourth-order valence-corrected chi connectivity index (χ4v) is 4.47. The maximum Gasteiger partial charge on any atom is 0.341 e. The van der Waals surface area contributed by atoms with Gasteiger partial charge in [0.2, 0.25) is 0 Å². The average Bonchev–Trinajstić information content (AvgIpc) is 3.25. The van der Waals surface area contributed by atoms with Gasteiger partial charge in [0.15, 0.2) is 5.69 Å². The molecule has 0 radical (unpaired) electrons. The lowest BCUT2D eigenvalue weighted by atomic mass is 10.0. The van der Waals surface area contributed by atoms with Crippen LogP contribution in [0, 0.1) is 0 Å². The molecule has 140 valence electrons. The van der Waals surface area contributed by atoms with Gasteiger partial charge in [0.1, 0.15) is 5.00 Å². The minimum atomic E-state index is -0.402. The van der Waals surface area contributed by atoms with E-state index in [0.29, 0.717) is 22.8 Å². The van der Waals surface area contributed by atoms with E-state index in [4.69, 9.17) is 4.74 Å². The van der Waals surface area contributed by atoms with Gasteiger partial charge in [-0.25, -0.2) is 4.79 Å². The lowest BCUT2D eigenvalue weighted by Crippen LogP contribution is -2.30. The number of amides is 1. The number of fused-ring (bicyclic) bond motifs is 1. The van der Waals surface area contributed by atoms with Gasteiger partial charge in [-0.3, -0.25) is 14.4 Å². The molecule has 1 aliphatic heterocycles. The predicted molar refractivity (Wildman–Crippen MR) is 101 cm³/mol. The average molecular weight is 376 g/mol. The van der Waals surface area contributed by atoms with E-state index in [9.17, 15) is 9.59 Å². The maximum atomic E-state index is 12.5. The van der Waals surface area contributed by atoms with Crippen molar-refractivity contribution in [2.75, 3.05) is 25.5 Å². The summed E-state index contributed by atoms with van der Waals surface area (Å²) < 4.78 is 6.66. The molecule has 0 fully saturated rings. The number of carbonyl (C=O) groups excluding carboxylic acids is 2. The first-order valence-corrected chi connectivity index (χ1v) is 9.69. The second-order valence-corrected chi connectivity index (χ2v) is 7.34. The number of carbonyl (C=O) groups is 2. The Labute approximate surface area is 156 Å². The zero-order valence-corrected chi connectivity index (χ0v) is 16.2. The summed E-state index contributed by atoms with van der Waals surface area (Å²) in [5.41, 5.74) is 1.83. The Hall–Kier alpha value is -2.19. The summed E-state index contributed by atoms with van der Waals surface area (Å²) in [7, 11) is 1.37. The van der Waals surface area contributed by atoms with Gasteiger partial charge in [0, 0.05) is 30.7 Å².